The Bertz CT molecular complexity index is 1260. The van der Waals surface area contributed by atoms with Gasteiger partial charge in [0.1, 0.15) is 5.52 Å². The van der Waals surface area contributed by atoms with Gasteiger partial charge in [-0.25, -0.2) is 19.0 Å². The standard InChI is InChI=1S/C22H22F2N6/c1-12-10-30(11-13(2)26-12)16-4-5-19-15(6-16)9-25-22(27-19)14-7-17-20(18(23)8-14)28-29(3)21(17)24/h4-9,12-13,26H,10-11H2,1-3H3/t12-,13-/m0/s1. The van der Waals surface area contributed by atoms with Gasteiger partial charge in [0.15, 0.2) is 11.6 Å². The van der Waals surface area contributed by atoms with Crippen LogP contribution < -0.4 is 10.2 Å². The zero-order chi connectivity index (χ0) is 21.0. The molecule has 0 amide bonds. The summed E-state index contributed by atoms with van der Waals surface area (Å²) in [6.07, 6.45) is 1.73. The van der Waals surface area contributed by atoms with E-state index in [2.05, 4.69) is 51.3 Å². The maximum Gasteiger partial charge on any atom is 0.219 e. The number of aromatic nitrogens is 4. The molecule has 1 saturated heterocycles. The van der Waals surface area contributed by atoms with Crippen LogP contribution in [0.15, 0.2) is 36.5 Å². The van der Waals surface area contributed by atoms with Crippen LogP contribution in [0.1, 0.15) is 13.8 Å². The zero-order valence-electron chi connectivity index (χ0n) is 17.0. The Morgan fingerprint density at radius 2 is 1.83 bits per heavy atom. The lowest BCUT2D eigenvalue weighted by atomic mass is 10.1. The fourth-order valence-electron chi connectivity index (χ4n) is 4.25. The fourth-order valence-corrected chi connectivity index (χ4v) is 4.25. The largest absolute Gasteiger partial charge is 0.368 e. The van der Waals surface area contributed by atoms with Gasteiger partial charge in [0.05, 0.1) is 10.9 Å². The zero-order valence-corrected chi connectivity index (χ0v) is 17.0. The predicted molar refractivity (Wildman–Crippen MR) is 113 cm³/mol. The molecular formula is C22H22F2N6. The minimum atomic E-state index is -0.594. The van der Waals surface area contributed by atoms with Gasteiger partial charge in [-0.15, -0.1) is 0 Å². The first-order valence-corrected chi connectivity index (χ1v) is 9.99. The Labute approximate surface area is 172 Å². The van der Waals surface area contributed by atoms with E-state index in [1.165, 1.54) is 13.1 Å². The summed E-state index contributed by atoms with van der Waals surface area (Å²) in [5.74, 6) is -0.831. The maximum absolute atomic E-state index is 14.5. The van der Waals surface area contributed by atoms with Crippen molar-refractivity contribution in [3.8, 4) is 11.4 Å². The van der Waals surface area contributed by atoms with Crippen LogP contribution in [0.5, 0.6) is 0 Å². The number of hydrogen-bond acceptors (Lipinski definition) is 5. The third-order valence-corrected chi connectivity index (χ3v) is 5.56. The third kappa shape index (κ3) is 3.17. The summed E-state index contributed by atoms with van der Waals surface area (Å²) in [5, 5.41) is 8.44. The normalized spacial score (nSPS) is 19.7. The van der Waals surface area contributed by atoms with Gasteiger partial charge in [-0.3, -0.25) is 0 Å². The Morgan fingerprint density at radius 1 is 1.07 bits per heavy atom. The molecule has 2 aromatic heterocycles. The molecule has 154 valence electrons. The highest BCUT2D eigenvalue weighted by atomic mass is 19.1. The fraction of sp³-hybridized carbons (Fsp3) is 0.318. The van der Waals surface area contributed by atoms with E-state index in [9.17, 15) is 8.78 Å². The number of nitrogens with one attached hydrogen (secondary N) is 1. The lowest BCUT2D eigenvalue weighted by Gasteiger charge is -2.37. The molecule has 1 aliphatic heterocycles. The Kier molecular flexibility index (Phi) is 4.39. The van der Waals surface area contributed by atoms with Crippen LogP contribution in [-0.4, -0.2) is 44.9 Å². The molecule has 4 aromatic rings. The van der Waals surface area contributed by atoms with Gasteiger partial charge in [-0.05, 0) is 44.2 Å². The van der Waals surface area contributed by atoms with E-state index in [4.69, 9.17) is 0 Å². The minimum Gasteiger partial charge on any atom is -0.368 e. The van der Waals surface area contributed by atoms with E-state index in [0.29, 0.717) is 23.5 Å². The van der Waals surface area contributed by atoms with Gasteiger partial charge in [0, 0.05) is 55.1 Å². The second kappa shape index (κ2) is 6.98. The van der Waals surface area contributed by atoms with Crippen LogP contribution in [0.4, 0.5) is 14.5 Å². The minimum absolute atomic E-state index is 0.00339. The van der Waals surface area contributed by atoms with Gasteiger partial charge in [-0.1, -0.05) is 0 Å². The Balaban J connectivity index is 1.53. The number of hydrogen-bond donors (Lipinski definition) is 1. The highest BCUT2D eigenvalue weighted by Crippen LogP contribution is 2.28. The number of anilines is 1. The highest BCUT2D eigenvalue weighted by molar-refractivity contribution is 5.86. The van der Waals surface area contributed by atoms with E-state index in [1.807, 2.05) is 6.07 Å². The molecule has 0 spiro atoms. The molecule has 0 bridgehead atoms. The summed E-state index contributed by atoms with van der Waals surface area (Å²) in [6.45, 7) is 6.23. The molecule has 6 nitrogen and oxygen atoms in total. The summed E-state index contributed by atoms with van der Waals surface area (Å²) >= 11 is 0. The highest BCUT2D eigenvalue weighted by Gasteiger charge is 2.21. The predicted octanol–water partition coefficient (Wildman–Crippen LogP) is 3.65. The van der Waals surface area contributed by atoms with Crippen molar-refractivity contribution in [1.82, 2.24) is 25.1 Å². The summed E-state index contributed by atoms with van der Waals surface area (Å²) in [5.41, 5.74) is 2.31. The molecule has 3 heterocycles. The van der Waals surface area contributed by atoms with Crippen molar-refractivity contribution in [2.24, 2.45) is 7.05 Å². The molecule has 2 atom stereocenters. The molecule has 8 heteroatoms. The average molecular weight is 408 g/mol. The summed E-state index contributed by atoms with van der Waals surface area (Å²) < 4.78 is 29.7. The number of halogens is 2. The summed E-state index contributed by atoms with van der Waals surface area (Å²) in [4.78, 5) is 11.4. The Morgan fingerprint density at radius 3 is 2.60 bits per heavy atom. The first-order valence-electron chi connectivity index (χ1n) is 9.99. The van der Waals surface area contributed by atoms with Crippen molar-refractivity contribution in [3.05, 3.63) is 48.3 Å². The second-order valence-corrected chi connectivity index (χ2v) is 8.08. The smallest absolute Gasteiger partial charge is 0.219 e. The van der Waals surface area contributed by atoms with Crippen LogP contribution in [0, 0.1) is 11.8 Å². The summed E-state index contributed by atoms with van der Waals surface area (Å²) in [7, 11) is 1.44. The van der Waals surface area contributed by atoms with Crippen molar-refractivity contribution in [3.63, 3.8) is 0 Å². The van der Waals surface area contributed by atoms with Crippen LogP contribution >= 0.6 is 0 Å². The number of aryl methyl sites for hydroxylation is 1. The van der Waals surface area contributed by atoms with Crippen molar-refractivity contribution in [2.75, 3.05) is 18.0 Å². The lowest BCUT2D eigenvalue weighted by molar-refractivity contribution is 0.407. The molecule has 0 aliphatic carbocycles. The van der Waals surface area contributed by atoms with E-state index in [-0.39, 0.29) is 10.9 Å². The molecule has 1 aliphatic rings. The third-order valence-electron chi connectivity index (χ3n) is 5.56. The molecule has 1 N–H and O–H groups in total. The lowest BCUT2D eigenvalue weighted by Crippen LogP contribution is -2.54. The van der Waals surface area contributed by atoms with Gasteiger partial charge in [0.25, 0.3) is 0 Å². The van der Waals surface area contributed by atoms with E-state index in [0.717, 1.165) is 34.4 Å². The number of rotatable bonds is 2. The SMILES string of the molecule is C[C@H]1CN(c2ccc3nc(-c4cc(F)c5nn(C)c(F)c5c4)ncc3c2)C[C@H](C)N1. The van der Waals surface area contributed by atoms with Crippen molar-refractivity contribution in [2.45, 2.75) is 25.9 Å². The van der Waals surface area contributed by atoms with E-state index >= 15 is 0 Å². The topological polar surface area (TPSA) is 58.9 Å². The molecule has 0 saturated carbocycles. The first kappa shape index (κ1) is 18.9. The monoisotopic (exact) mass is 408 g/mol. The molecule has 2 aromatic carbocycles. The second-order valence-electron chi connectivity index (χ2n) is 8.08. The molecule has 0 radical (unpaired) electrons. The molecule has 5 rings (SSSR count). The maximum atomic E-state index is 14.5. The van der Waals surface area contributed by atoms with E-state index < -0.39 is 11.8 Å². The number of fused-ring (bicyclic) bond motifs is 2. The van der Waals surface area contributed by atoms with Gasteiger partial charge in [0.2, 0.25) is 5.95 Å². The van der Waals surface area contributed by atoms with Crippen LogP contribution in [0.25, 0.3) is 33.2 Å². The molecule has 0 unspecified atom stereocenters. The number of nitrogens with zero attached hydrogens (tertiary/aromatic N) is 5. The quantitative estimate of drug-likeness (QED) is 0.549. The van der Waals surface area contributed by atoms with Crippen LogP contribution in [0.2, 0.25) is 0 Å². The van der Waals surface area contributed by atoms with E-state index in [1.54, 1.807) is 12.3 Å². The summed E-state index contributed by atoms with van der Waals surface area (Å²) in [6, 6.07) is 9.75. The van der Waals surface area contributed by atoms with Gasteiger partial charge >= 0.3 is 0 Å². The van der Waals surface area contributed by atoms with Crippen molar-refractivity contribution < 1.29 is 8.78 Å². The Hall–Kier alpha value is -3.13. The molecule has 30 heavy (non-hydrogen) atoms. The van der Waals surface area contributed by atoms with Crippen molar-refractivity contribution >= 4 is 27.5 Å². The number of piperazine rings is 1. The average Bonchev–Trinajstić information content (AvgIpc) is 3.01. The van der Waals surface area contributed by atoms with Crippen LogP contribution in [0.3, 0.4) is 0 Å². The van der Waals surface area contributed by atoms with Gasteiger partial charge < -0.3 is 10.2 Å². The van der Waals surface area contributed by atoms with Crippen LogP contribution in [-0.2, 0) is 7.05 Å². The molecular weight excluding hydrogens is 386 g/mol. The first-order chi connectivity index (χ1) is 14.4. The van der Waals surface area contributed by atoms with Gasteiger partial charge in [-0.2, -0.15) is 9.49 Å². The van der Waals surface area contributed by atoms with Crippen molar-refractivity contribution in [1.29, 1.82) is 0 Å². The molecule has 1 fully saturated rings. The number of benzene rings is 2.